The van der Waals surface area contributed by atoms with Crippen molar-refractivity contribution in [1.29, 1.82) is 0 Å². The van der Waals surface area contributed by atoms with Crippen LogP contribution in [0.25, 0.3) is 102 Å². The third-order valence-corrected chi connectivity index (χ3v) is 34.1. The highest BCUT2D eigenvalue weighted by Gasteiger charge is 2.49. The Kier molecular flexibility index (Phi) is 19.4. The summed E-state index contributed by atoms with van der Waals surface area (Å²) in [5.74, 6) is 0. The van der Waals surface area contributed by atoms with Crippen molar-refractivity contribution in [3.63, 3.8) is 0 Å². The molecule has 0 saturated heterocycles. The number of hydrogen-bond donors (Lipinski definition) is 0. The number of hydrogen-bond acceptors (Lipinski definition) is 2. The van der Waals surface area contributed by atoms with Gasteiger partial charge in [0.1, 0.15) is 0 Å². The van der Waals surface area contributed by atoms with Gasteiger partial charge < -0.3 is 9.80 Å². The second-order valence-electron chi connectivity index (χ2n) is 37.6. The number of rotatable bonds is 24. The van der Waals surface area contributed by atoms with Gasteiger partial charge >= 0.3 is 0 Å². The van der Waals surface area contributed by atoms with Crippen LogP contribution in [0.2, 0.25) is 0 Å². The van der Waals surface area contributed by atoms with Gasteiger partial charge in [0, 0.05) is 72.0 Å². The minimum atomic E-state index is -0.171. The highest BCUT2D eigenvalue weighted by molar-refractivity contribution is 5.96. The highest BCUT2D eigenvalue weighted by atomic mass is 15.1. The van der Waals surface area contributed by atoms with Crippen molar-refractivity contribution in [2.75, 3.05) is 9.80 Å². The van der Waals surface area contributed by atoms with Gasteiger partial charge in [-0.1, -0.05) is 327 Å². The molecule has 622 valence electrons. The molecule has 0 fully saturated rings. The van der Waals surface area contributed by atoms with Gasteiger partial charge in [-0.15, -0.1) is 0 Å². The molecule has 125 heavy (non-hydrogen) atoms. The van der Waals surface area contributed by atoms with Crippen LogP contribution in [0.5, 0.6) is 0 Å². The zero-order chi connectivity index (χ0) is 85.8. The summed E-state index contributed by atoms with van der Waals surface area (Å²) in [4.78, 5) is 5.24. The fraction of sp³-hybridized carbons (Fsp3) is 0.285. The molecule has 0 unspecified atom stereocenters. The lowest BCUT2D eigenvalue weighted by molar-refractivity contribution is 0.490. The van der Waals surface area contributed by atoms with Gasteiger partial charge in [0.25, 0.3) is 0 Å². The average molecular weight is 1630 g/mol. The van der Waals surface area contributed by atoms with Gasteiger partial charge in [0.2, 0.25) is 0 Å². The maximum atomic E-state index is 2.62. The summed E-state index contributed by atoms with van der Waals surface area (Å²) >= 11 is 0. The van der Waals surface area contributed by atoms with E-state index in [-0.39, 0.29) is 37.9 Å². The number of benzene rings is 14. The van der Waals surface area contributed by atoms with Crippen molar-refractivity contribution in [2.24, 2.45) is 0 Å². The normalized spacial score (nSPS) is 16.3. The topological polar surface area (TPSA) is 6.48 Å². The third-order valence-electron chi connectivity index (χ3n) is 34.1. The molecule has 0 saturated carbocycles. The summed E-state index contributed by atoms with van der Waals surface area (Å²) in [5, 5.41) is 0. The Balaban J connectivity index is 0.578. The standard InChI is InChI=1S/C123H120N2/c1-15-117(16-2)103-41-33-29-37-89(103)97-63-53-83(73-111(97)117)124(84-54-64-98-90-38-30-34-42-104(90)118(17-3,18-4)112(98)74-84)87-57-67-101-95-61-51-81(71-109(95)122(25-11,26-12)115(101)77-87)47-45-79-49-59-93-94-60-50-80(70-108(94)121(23-9,24-10)107(93)69-79)46-48-82-52-62-96-102-68-58-88(78-116(102)123(27-13,28-14)110(96)72-82)125(85-55-65-99-91-39-31-35-43-105(91)119(19-5,20-6)113(99)75-85)86-56-66-100-92-40-32-36-44-106(92)120(21-7,22-8)114(100)76-86/h29-78H,15-28H2,1-14H3/b47-45+,48-46+. The number of nitrogens with zero attached hydrogens (tertiary/aromatic N) is 2. The van der Waals surface area contributed by atoms with Crippen LogP contribution in [0.1, 0.15) is 287 Å². The van der Waals surface area contributed by atoms with E-state index in [0.29, 0.717) is 0 Å². The van der Waals surface area contributed by atoms with Gasteiger partial charge in [-0.3, -0.25) is 0 Å². The fourth-order valence-electron chi connectivity index (χ4n) is 26.9. The van der Waals surface area contributed by atoms with Crippen molar-refractivity contribution in [1.82, 2.24) is 0 Å². The lowest BCUT2D eigenvalue weighted by atomic mass is 9.73. The minimum absolute atomic E-state index is 0.0575. The zero-order valence-electron chi connectivity index (χ0n) is 76.2. The Morgan fingerprint density at radius 1 is 0.152 bits per heavy atom. The average Bonchev–Trinajstić information content (AvgIpc) is 1.57. The van der Waals surface area contributed by atoms with E-state index >= 15 is 0 Å². The molecule has 0 aromatic heterocycles. The number of anilines is 6. The molecule has 0 atom stereocenters. The molecule has 0 spiro atoms. The molecule has 2 nitrogen and oxygen atoms in total. The Bertz CT molecular complexity index is 6140. The summed E-state index contributed by atoms with van der Waals surface area (Å²) < 4.78 is 0. The second kappa shape index (κ2) is 30.2. The van der Waals surface area contributed by atoms with Crippen LogP contribution in [0.15, 0.2) is 279 Å². The van der Waals surface area contributed by atoms with Gasteiger partial charge in [-0.2, -0.15) is 0 Å². The summed E-state index contributed by atoms with van der Waals surface area (Å²) in [6.07, 6.45) is 24.0. The monoisotopic (exact) mass is 1620 g/mol. The second-order valence-corrected chi connectivity index (χ2v) is 37.6. The van der Waals surface area contributed by atoms with E-state index in [9.17, 15) is 0 Å². The lowest BCUT2D eigenvalue weighted by Crippen LogP contribution is -2.25. The summed E-state index contributed by atoms with van der Waals surface area (Å²) in [7, 11) is 0. The predicted molar refractivity (Wildman–Crippen MR) is 534 cm³/mol. The van der Waals surface area contributed by atoms with Crippen LogP contribution in [-0.2, 0) is 37.9 Å². The quantitative estimate of drug-likeness (QED) is 0.0557. The Morgan fingerprint density at radius 3 is 0.456 bits per heavy atom. The van der Waals surface area contributed by atoms with Crippen LogP contribution in [0, 0.1) is 0 Å². The predicted octanol–water partition coefficient (Wildman–Crippen LogP) is 34.6. The smallest absolute Gasteiger partial charge is 0.0465 e. The van der Waals surface area contributed by atoms with Crippen LogP contribution in [0.3, 0.4) is 0 Å². The van der Waals surface area contributed by atoms with Gasteiger partial charge in [-0.05, 0) is 341 Å². The molecule has 0 heterocycles. The van der Waals surface area contributed by atoms with Crippen molar-refractivity contribution in [2.45, 2.75) is 225 Å². The van der Waals surface area contributed by atoms with Crippen LogP contribution in [0.4, 0.5) is 34.1 Å². The van der Waals surface area contributed by atoms with Crippen LogP contribution >= 0.6 is 0 Å². The van der Waals surface area contributed by atoms with Gasteiger partial charge in [-0.25, -0.2) is 0 Å². The molecule has 0 radical (unpaired) electrons. The first-order valence-corrected chi connectivity index (χ1v) is 48.0. The van der Waals surface area contributed by atoms with E-state index < -0.39 is 0 Å². The van der Waals surface area contributed by atoms with E-state index in [1.54, 1.807) is 0 Å². The fourth-order valence-corrected chi connectivity index (χ4v) is 26.9. The molecule has 2 heteroatoms. The SMILES string of the molecule is CCC1(CC)c2cc(/C=C/c3ccc4c(c3)C(CC)(CC)c3cc(N(c5ccc6c(c5)C(CC)(CC)c5ccccc5-6)c5ccc6c(c5)C(CC)(CC)c5ccccc5-6)ccc3-4)ccc2-c2ccc(/C=C/c3ccc4c(c3)C(CC)(CC)c3cc(N(c5ccc6c(c5)C(CC)(CC)c5ccccc5-6)c5ccc6c(c5)C(CC)(CC)c5ccccc5-6)ccc3-4)cc21. The molecule has 0 bridgehead atoms. The largest absolute Gasteiger partial charge is 0.310 e. The molecule has 0 N–H and O–H groups in total. The molecule has 7 aliphatic rings. The Morgan fingerprint density at radius 2 is 0.288 bits per heavy atom. The third kappa shape index (κ3) is 11.1. The maximum Gasteiger partial charge on any atom is 0.0465 e. The van der Waals surface area contributed by atoms with Crippen molar-refractivity contribution < 1.29 is 0 Å². The van der Waals surface area contributed by atoms with E-state index in [1.807, 2.05) is 0 Å². The summed E-state index contributed by atoms with van der Waals surface area (Å²) in [5.41, 5.74) is 51.2. The van der Waals surface area contributed by atoms with E-state index in [4.69, 9.17) is 0 Å². The first-order chi connectivity index (χ1) is 61.1. The van der Waals surface area contributed by atoms with Crippen molar-refractivity contribution >= 4 is 58.4 Å². The minimum Gasteiger partial charge on any atom is -0.310 e. The van der Waals surface area contributed by atoms with E-state index in [2.05, 4.69) is 410 Å². The molecular weight excluding hydrogens is 1510 g/mol. The molecule has 0 amide bonds. The molecule has 0 aliphatic heterocycles. The van der Waals surface area contributed by atoms with Gasteiger partial charge in [0.15, 0.2) is 0 Å². The van der Waals surface area contributed by atoms with Crippen molar-refractivity contribution in [3.05, 3.63) is 379 Å². The molecule has 14 aromatic rings. The lowest BCUT2D eigenvalue weighted by Gasteiger charge is -2.34. The first kappa shape index (κ1) is 80.3. The summed E-state index contributed by atoms with van der Waals surface area (Å²) in [6.45, 7) is 33.7. The summed E-state index contributed by atoms with van der Waals surface area (Å²) in [6, 6.07) is 111. The molecule has 7 aliphatic carbocycles. The molecular formula is C123H120N2. The maximum absolute atomic E-state index is 2.62. The first-order valence-electron chi connectivity index (χ1n) is 48.0. The zero-order valence-corrected chi connectivity index (χ0v) is 76.2. The van der Waals surface area contributed by atoms with Gasteiger partial charge in [0.05, 0.1) is 0 Å². The van der Waals surface area contributed by atoms with Crippen molar-refractivity contribution in [3.8, 4) is 77.9 Å². The van der Waals surface area contributed by atoms with E-state index in [0.717, 1.165) is 89.9 Å². The number of fused-ring (bicyclic) bond motifs is 21. The highest BCUT2D eigenvalue weighted by Crippen LogP contribution is 2.64. The molecule has 14 aromatic carbocycles. The van der Waals surface area contributed by atoms with E-state index in [1.165, 1.54) is 212 Å². The molecule has 21 rings (SSSR count). The Labute approximate surface area is 745 Å². The Hall–Kier alpha value is -11.8. The van der Waals surface area contributed by atoms with Crippen LogP contribution < -0.4 is 9.80 Å². The van der Waals surface area contributed by atoms with Crippen LogP contribution in [-0.4, -0.2) is 0 Å².